The maximum absolute atomic E-state index is 12.8. The molecular formula is C15H10ClF3N4O. The van der Waals surface area contributed by atoms with E-state index in [-0.39, 0.29) is 22.9 Å². The summed E-state index contributed by atoms with van der Waals surface area (Å²) in [6.07, 6.45) is -0.914. The third-order valence-corrected chi connectivity index (χ3v) is 3.50. The fourth-order valence-electron chi connectivity index (χ4n) is 2.09. The predicted molar refractivity (Wildman–Crippen MR) is 80.6 cm³/mol. The van der Waals surface area contributed by atoms with Crippen LogP contribution >= 0.6 is 11.6 Å². The molecule has 0 aliphatic heterocycles. The Morgan fingerprint density at radius 2 is 2.08 bits per heavy atom. The van der Waals surface area contributed by atoms with Crippen molar-refractivity contribution in [2.45, 2.75) is 12.7 Å². The van der Waals surface area contributed by atoms with Crippen LogP contribution in [0.15, 0.2) is 42.9 Å². The summed E-state index contributed by atoms with van der Waals surface area (Å²) in [6, 6.07) is 6.03. The topological polar surface area (TPSA) is 59.3 Å². The quantitative estimate of drug-likeness (QED) is 0.785. The van der Waals surface area contributed by atoms with Gasteiger partial charge < -0.3 is 9.72 Å². The van der Waals surface area contributed by atoms with Crippen molar-refractivity contribution in [3.05, 3.63) is 64.8 Å². The van der Waals surface area contributed by atoms with Crippen LogP contribution in [0.1, 0.15) is 21.7 Å². The average Bonchev–Trinajstić information content (AvgIpc) is 2.97. The van der Waals surface area contributed by atoms with Gasteiger partial charge in [0.05, 0.1) is 22.8 Å². The molecule has 0 aliphatic rings. The van der Waals surface area contributed by atoms with E-state index in [1.54, 1.807) is 24.4 Å². The molecule has 0 saturated carbocycles. The van der Waals surface area contributed by atoms with Gasteiger partial charge in [0.2, 0.25) is 0 Å². The molecule has 124 valence electrons. The minimum atomic E-state index is -4.54. The lowest BCUT2D eigenvalue weighted by Gasteiger charge is -2.07. The summed E-state index contributed by atoms with van der Waals surface area (Å²) in [4.78, 5) is 20.1. The summed E-state index contributed by atoms with van der Waals surface area (Å²) >= 11 is 5.83. The summed E-state index contributed by atoms with van der Waals surface area (Å²) in [6.45, 7) is 0.176. The molecule has 24 heavy (non-hydrogen) atoms. The van der Waals surface area contributed by atoms with E-state index >= 15 is 0 Å². The van der Waals surface area contributed by atoms with Crippen molar-refractivity contribution < 1.29 is 18.0 Å². The number of pyridine rings is 2. The van der Waals surface area contributed by atoms with E-state index in [1.807, 2.05) is 0 Å². The minimum Gasteiger partial charge on any atom is -0.345 e. The van der Waals surface area contributed by atoms with Gasteiger partial charge in [-0.25, -0.2) is 4.98 Å². The SMILES string of the molecule is O=C(NCc1ccccn1)c1cn2cc(C(F)(F)F)cc(Cl)c2n1. The molecule has 9 heteroatoms. The van der Waals surface area contributed by atoms with Crippen molar-refractivity contribution in [2.75, 3.05) is 0 Å². The van der Waals surface area contributed by atoms with E-state index in [9.17, 15) is 18.0 Å². The molecule has 3 rings (SSSR count). The van der Waals surface area contributed by atoms with Crippen LogP contribution in [-0.4, -0.2) is 20.3 Å². The van der Waals surface area contributed by atoms with Gasteiger partial charge in [0.1, 0.15) is 5.69 Å². The molecule has 3 heterocycles. The lowest BCUT2D eigenvalue weighted by Crippen LogP contribution is -2.23. The highest BCUT2D eigenvalue weighted by Crippen LogP contribution is 2.32. The number of nitrogens with zero attached hydrogens (tertiary/aromatic N) is 3. The fraction of sp³-hybridized carbons (Fsp3) is 0.133. The number of hydrogen-bond acceptors (Lipinski definition) is 3. The number of carbonyl (C=O) groups is 1. The van der Waals surface area contributed by atoms with Crippen molar-refractivity contribution in [3.63, 3.8) is 0 Å². The van der Waals surface area contributed by atoms with Crippen molar-refractivity contribution in [2.24, 2.45) is 0 Å². The molecule has 5 nitrogen and oxygen atoms in total. The Kier molecular flexibility index (Phi) is 4.15. The number of imidazole rings is 1. The van der Waals surface area contributed by atoms with Gasteiger partial charge in [-0.3, -0.25) is 9.78 Å². The van der Waals surface area contributed by atoms with Gasteiger partial charge in [0.15, 0.2) is 5.65 Å². The minimum absolute atomic E-state index is 0.0350. The van der Waals surface area contributed by atoms with E-state index in [2.05, 4.69) is 15.3 Å². The zero-order valence-electron chi connectivity index (χ0n) is 12.0. The lowest BCUT2D eigenvalue weighted by molar-refractivity contribution is -0.137. The monoisotopic (exact) mass is 354 g/mol. The molecule has 0 bridgehead atoms. The number of amides is 1. The maximum Gasteiger partial charge on any atom is 0.417 e. The highest BCUT2D eigenvalue weighted by atomic mass is 35.5. The molecule has 3 aromatic heterocycles. The zero-order valence-corrected chi connectivity index (χ0v) is 12.8. The Morgan fingerprint density at radius 3 is 2.75 bits per heavy atom. The standard InChI is InChI=1S/C15H10ClF3N4O/c16-11-5-9(15(17,18)19)7-23-8-12(22-13(11)23)14(24)21-6-10-3-1-2-4-20-10/h1-5,7-8H,6H2,(H,21,24). The van der Waals surface area contributed by atoms with E-state index in [1.165, 1.54) is 6.20 Å². The van der Waals surface area contributed by atoms with Gasteiger partial charge >= 0.3 is 6.18 Å². The highest BCUT2D eigenvalue weighted by molar-refractivity contribution is 6.33. The van der Waals surface area contributed by atoms with Gasteiger partial charge in [0, 0.05) is 18.6 Å². The van der Waals surface area contributed by atoms with Crippen molar-refractivity contribution >= 4 is 23.2 Å². The van der Waals surface area contributed by atoms with Gasteiger partial charge in [-0.15, -0.1) is 0 Å². The number of alkyl halides is 3. The molecule has 0 spiro atoms. The van der Waals surface area contributed by atoms with Gasteiger partial charge in [0.25, 0.3) is 5.91 Å². The normalized spacial score (nSPS) is 11.7. The Balaban J connectivity index is 1.85. The first-order valence-electron chi connectivity index (χ1n) is 6.78. The fourth-order valence-corrected chi connectivity index (χ4v) is 2.34. The molecule has 0 aliphatic carbocycles. The summed E-state index contributed by atoms with van der Waals surface area (Å²) in [5, 5.41) is 2.41. The number of carbonyl (C=O) groups excluding carboxylic acids is 1. The first-order chi connectivity index (χ1) is 11.3. The van der Waals surface area contributed by atoms with Crippen molar-refractivity contribution in [3.8, 4) is 0 Å². The van der Waals surface area contributed by atoms with Gasteiger partial charge in [-0.1, -0.05) is 17.7 Å². The lowest BCUT2D eigenvalue weighted by atomic mass is 10.3. The smallest absolute Gasteiger partial charge is 0.345 e. The molecule has 0 atom stereocenters. The molecule has 1 amide bonds. The van der Waals surface area contributed by atoms with Gasteiger partial charge in [-0.05, 0) is 18.2 Å². The summed E-state index contributed by atoms with van der Waals surface area (Å²) in [5.74, 6) is -0.533. The molecule has 0 unspecified atom stereocenters. The van der Waals surface area contributed by atoms with Crippen LogP contribution in [0, 0.1) is 0 Å². The van der Waals surface area contributed by atoms with Crippen LogP contribution in [0.4, 0.5) is 13.2 Å². The third kappa shape index (κ3) is 3.33. The summed E-state index contributed by atoms with van der Waals surface area (Å²) in [7, 11) is 0. The Labute approximate surface area is 139 Å². The Bertz CT molecular complexity index is 893. The number of nitrogens with one attached hydrogen (secondary N) is 1. The Morgan fingerprint density at radius 1 is 1.29 bits per heavy atom. The van der Waals surface area contributed by atoms with Crippen LogP contribution < -0.4 is 5.32 Å². The first kappa shape index (κ1) is 16.3. The number of halogens is 4. The number of hydrogen-bond donors (Lipinski definition) is 1. The summed E-state index contributed by atoms with van der Waals surface area (Å²) < 4.78 is 39.5. The van der Waals surface area contributed by atoms with Crippen LogP contribution in [0.2, 0.25) is 5.02 Å². The van der Waals surface area contributed by atoms with E-state index in [4.69, 9.17) is 11.6 Å². The maximum atomic E-state index is 12.8. The van der Waals surface area contributed by atoms with Crippen molar-refractivity contribution in [1.82, 2.24) is 19.7 Å². The number of rotatable bonds is 3. The number of aromatic nitrogens is 3. The molecule has 1 N–H and O–H groups in total. The second-order valence-corrected chi connectivity index (χ2v) is 5.34. The van der Waals surface area contributed by atoms with Crippen LogP contribution in [0.25, 0.3) is 5.65 Å². The van der Waals surface area contributed by atoms with Crippen molar-refractivity contribution in [1.29, 1.82) is 0 Å². The summed E-state index contributed by atoms with van der Waals surface area (Å²) in [5.41, 5.74) is -0.232. The molecule has 0 saturated heterocycles. The molecule has 0 fully saturated rings. The largest absolute Gasteiger partial charge is 0.417 e. The van der Waals surface area contributed by atoms with Gasteiger partial charge in [-0.2, -0.15) is 13.2 Å². The van der Waals surface area contributed by atoms with Crippen LogP contribution in [0.3, 0.4) is 0 Å². The highest BCUT2D eigenvalue weighted by Gasteiger charge is 2.32. The molecule has 0 aromatic carbocycles. The average molecular weight is 355 g/mol. The second kappa shape index (κ2) is 6.12. The molecule has 3 aromatic rings. The van der Waals surface area contributed by atoms with E-state index in [0.717, 1.165) is 16.7 Å². The second-order valence-electron chi connectivity index (χ2n) is 4.94. The van der Waals surface area contributed by atoms with Crippen LogP contribution in [-0.2, 0) is 12.7 Å². The third-order valence-electron chi connectivity index (χ3n) is 3.22. The number of fused-ring (bicyclic) bond motifs is 1. The zero-order chi connectivity index (χ0) is 17.3. The predicted octanol–water partition coefficient (Wildman–Crippen LogP) is 3.33. The van der Waals surface area contributed by atoms with E-state index < -0.39 is 17.6 Å². The molecular weight excluding hydrogens is 345 g/mol. The molecule has 0 radical (unpaired) electrons. The van der Waals surface area contributed by atoms with E-state index in [0.29, 0.717) is 5.69 Å². The Hall–Kier alpha value is -2.61. The van der Waals surface area contributed by atoms with Crippen LogP contribution in [0.5, 0.6) is 0 Å². The first-order valence-corrected chi connectivity index (χ1v) is 7.16.